The van der Waals surface area contributed by atoms with Gasteiger partial charge in [0.2, 0.25) is 0 Å². The van der Waals surface area contributed by atoms with Crippen LogP contribution in [0.5, 0.6) is 11.5 Å². The van der Waals surface area contributed by atoms with Crippen molar-refractivity contribution in [2.24, 2.45) is 5.10 Å². The van der Waals surface area contributed by atoms with Gasteiger partial charge in [0.05, 0.1) is 26.0 Å². The van der Waals surface area contributed by atoms with E-state index < -0.39 is 0 Å². The third-order valence-electron chi connectivity index (χ3n) is 3.29. The van der Waals surface area contributed by atoms with Crippen molar-refractivity contribution in [2.75, 3.05) is 13.7 Å². The van der Waals surface area contributed by atoms with Gasteiger partial charge in [0.1, 0.15) is 11.5 Å². The van der Waals surface area contributed by atoms with Crippen LogP contribution in [0.25, 0.3) is 0 Å². The number of methoxy groups -OCH3 is 1. The number of benzene rings is 2. The van der Waals surface area contributed by atoms with Crippen molar-refractivity contribution in [2.45, 2.75) is 20.4 Å². The van der Waals surface area contributed by atoms with Crippen LogP contribution in [-0.4, -0.2) is 19.4 Å². The van der Waals surface area contributed by atoms with Gasteiger partial charge in [0, 0.05) is 5.56 Å². The van der Waals surface area contributed by atoms with Gasteiger partial charge < -0.3 is 14.9 Å². The van der Waals surface area contributed by atoms with Crippen molar-refractivity contribution >= 4 is 5.71 Å². The summed E-state index contributed by atoms with van der Waals surface area (Å²) in [5.41, 5.74) is 6.16. The monoisotopic (exact) mass is 298 g/mol. The molecule has 0 bridgehead atoms. The third kappa shape index (κ3) is 4.25. The number of ether oxygens (including phenoxy) is 2. The van der Waals surface area contributed by atoms with Crippen LogP contribution in [0.15, 0.2) is 53.6 Å². The fourth-order valence-corrected chi connectivity index (χ4v) is 2.12. The van der Waals surface area contributed by atoms with Crippen molar-refractivity contribution in [3.63, 3.8) is 0 Å². The lowest BCUT2D eigenvalue weighted by Gasteiger charge is -2.08. The summed E-state index contributed by atoms with van der Waals surface area (Å²) in [6.07, 6.45) is 0. The van der Waals surface area contributed by atoms with E-state index in [-0.39, 0.29) is 0 Å². The van der Waals surface area contributed by atoms with Crippen molar-refractivity contribution in [3.05, 3.63) is 59.7 Å². The van der Waals surface area contributed by atoms with E-state index in [9.17, 15) is 0 Å². The maximum absolute atomic E-state index is 5.44. The summed E-state index contributed by atoms with van der Waals surface area (Å²) in [6, 6.07) is 15.8. The Hall–Kier alpha value is -2.49. The number of nitrogens with zero attached hydrogens (tertiary/aromatic N) is 1. The Labute approximate surface area is 131 Å². The Morgan fingerprint density at radius 2 is 1.82 bits per heavy atom. The van der Waals surface area contributed by atoms with E-state index in [0.29, 0.717) is 13.2 Å². The number of hydrogen-bond acceptors (Lipinski definition) is 4. The molecule has 116 valence electrons. The van der Waals surface area contributed by atoms with Crippen LogP contribution in [0, 0.1) is 0 Å². The van der Waals surface area contributed by atoms with E-state index in [1.54, 1.807) is 7.11 Å². The van der Waals surface area contributed by atoms with Crippen LogP contribution in [0.1, 0.15) is 25.0 Å². The molecule has 0 saturated carbocycles. The molecule has 4 nitrogen and oxygen atoms in total. The van der Waals surface area contributed by atoms with Crippen molar-refractivity contribution in [1.29, 1.82) is 0 Å². The first-order valence-electron chi connectivity index (χ1n) is 7.37. The average molecular weight is 298 g/mol. The molecule has 0 spiro atoms. The van der Waals surface area contributed by atoms with Crippen molar-refractivity contribution in [1.82, 2.24) is 5.43 Å². The first-order valence-corrected chi connectivity index (χ1v) is 7.37. The zero-order valence-electron chi connectivity index (χ0n) is 13.3. The fraction of sp³-hybridized carbons (Fsp3) is 0.278. The highest BCUT2D eigenvalue weighted by atomic mass is 16.5. The second-order valence-electron chi connectivity index (χ2n) is 4.80. The highest BCUT2D eigenvalue weighted by Crippen LogP contribution is 2.17. The lowest BCUT2D eigenvalue weighted by Crippen LogP contribution is -2.10. The van der Waals surface area contributed by atoms with Gasteiger partial charge in [-0.15, -0.1) is 0 Å². The minimum Gasteiger partial charge on any atom is -0.496 e. The molecule has 0 saturated heterocycles. The summed E-state index contributed by atoms with van der Waals surface area (Å²) in [6.45, 7) is 5.25. The van der Waals surface area contributed by atoms with Gasteiger partial charge in [-0.05, 0) is 49.7 Å². The molecule has 0 unspecified atom stereocenters. The Morgan fingerprint density at radius 3 is 2.50 bits per heavy atom. The molecule has 0 radical (unpaired) electrons. The van der Waals surface area contributed by atoms with Crippen LogP contribution < -0.4 is 14.9 Å². The smallest absolute Gasteiger partial charge is 0.123 e. The second-order valence-corrected chi connectivity index (χ2v) is 4.80. The molecule has 0 fully saturated rings. The summed E-state index contributed by atoms with van der Waals surface area (Å²) >= 11 is 0. The molecule has 0 heterocycles. The van der Waals surface area contributed by atoms with Crippen LogP contribution in [0.3, 0.4) is 0 Å². The molecule has 22 heavy (non-hydrogen) atoms. The summed E-state index contributed by atoms with van der Waals surface area (Å²) < 4.78 is 10.8. The number of hydrogen-bond donors (Lipinski definition) is 1. The number of hydrazone groups is 1. The molecule has 2 rings (SSSR count). The molecule has 1 N–H and O–H groups in total. The minimum atomic E-state index is 0.623. The Kier molecular flexibility index (Phi) is 5.83. The van der Waals surface area contributed by atoms with Crippen molar-refractivity contribution < 1.29 is 9.47 Å². The quantitative estimate of drug-likeness (QED) is 0.627. The van der Waals surface area contributed by atoms with E-state index >= 15 is 0 Å². The minimum absolute atomic E-state index is 0.623. The maximum atomic E-state index is 5.44. The molecular weight excluding hydrogens is 276 g/mol. The Bertz CT molecular complexity index is 621. The van der Waals surface area contributed by atoms with E-state index in [1.165, 1.54) is 0 Å². The molecule has 0 aliphatic carbocycles. The highest BCUT2D eigenvalue weighted by Gasteiger charge is 2.01. The zero-order valence-corrected chi connectivity index (χ0v) is 13.3. The molecule has 0 atom stereocenters. The lowest BCUT2D eigenvalue weighted by molar-refractivity contribution is 0.340. The van der Waals surface area contributed by atoms with Crippen LogP contribution in [0.2, 0.25) is 0 Å². The van der Waals surface area contributed by atoms with Crippen LogP contribution >= 0.6 is 0 Å². The van der Waals surface area contributed by atoms with Gasteiger partial charge in [-0.3, -0.25) is 0 Å². The predicted molar refractivity (Wildman–Crippen MR) is 89.7 cm³/mol. The maximum Gasteiger partial charge on any atom is 0.123 e. The molecule has 2 aromatic carbocycles. The van der Waals surface area contributed by atoms with Gasteiger partial charge in [-0.2, -0.15) is 5.10 Å². The van der Waals surface area contributed by atoms with Gasteiger partial charge >= 0.3 is 0 Å². The van der Waals surface area contributed by atoms with Crippen molar-refractivity contribution in [3.8, 4) is 11.5 Å². The van der Waals surface area contributed by atoms with E-state index in [1.807, 2.05) is 62.4 Å². The molecule has 0 aliphatic rings. The Morgan fingerprint density at radius 1 is 1.09 bits per heavy atom. The lowest BCUT2D eigenvalue weighted by atomic mass is 10.1. The summed E-state index contributed by atoms with van der Waals surface area (Å²) in [5, 5.41) is 4.41. The average Bonchev–Trinajstić information content (AvgIpc) is 2.56. The normalized spacial score (nSPS) is 11.1. The molecule has 0 aliphatic heterocycles. The largest absolute Gasteiger partial charge is 0.496 e. The third-order valence-corrected chi connectivity index (χ3v) is 3.29. The molecule has 0 aromatic heterocycles. The summed E-state index contributed by atoms with van der Waals surface area (Å²) in [4.78, 5) is 0. The molecule has 2 aromatic rings. The number of nitrogens with one attached hydrogen (secondary N) is 1. The summed E-state index contributed by atoms with van der Waals surface area (Å²) in [7, 11) is 1.67. The molecule has 4 heteroatoms. The van der Waals surface area contributed by atoms with Gasteiger partial charge in [-0.25, -0.2) is 0 Å². The highest BCUT2D eigenvalue weighted by molar-refractivity contribution is 5.98. The summed E-state index contributed by atoms with van der Waals surface area (Å²) in [5.74, 6) is 1.74. The van der Waals surface area contributed by atoms with E-state index in [0.717, 1.165) is 28.3 Å². The van der Waals surface area contributed by atoms with Gasteiger partial charge in [0.25, 0.3) is 0 Å². The topological polar surface area (TPSA) is 42.8 Å². The fourth-order valence-electron chi connectivity index (χ4n) is 2.12. The van der Waals surface area contributed by atoms with Crippen LogP contribution in [0.4, 0.5) is 0 Å². The first kappa shape index (κ1) is 15.9. The first-order chi connectivity index (χ1) is 10.7. The number of para-hydroxylation sites is 1. The zero-order chi connectivity index (χ0) is 15.8. The van der Waals surface area contributed by atoms with Gasteiger partial charge in [-0.1, -0.05) is 18.2 Å². The molecule has 0 amide bonds. The standard InChI is InChI=1S/C18H22N2O2/c1-4-22-17-11-9-15(10-12-17)14(2)20-19-13-16-7-5-6-8-18(16)21-3/h5-12,19H,4,13H2,1-3H3/b20-14-. The Balaban J connectivity index is 1.97. The number of rotatable bonds is 7. The predicted octanol–water partition coefficient (Wildman–Crippen LogP) is 3.61. The second kappa shape index (κ2) is 8.08. The molecular formula is C18H22N2O2. The van der Waals surface area contributed by atoms with Gasteiger partial charge in [0.15, 0.2) is 0 Å². The van der Waals surface area contributed by atoms with Crippen LogP contribution in [-0.2, 0) is 6.54 Å². The SMILES string of the molecule is CCOc1ccc(/C(C)=N\NCc2ccccc2OC)cc1. The van der Waals surface area contributed by atoms with E-state index in [2.05, 4.69) is 10.5 Å². The van der Waals surface area contributed by atoms with E-state index in [4.69, 9.17) is 9.47 Å².